The van der Waals surface area contributed by atoms with Crippen LogP contribution in [0.4, 0.5) is 0 Å². The van der Waals surface area contributed by atoms with Crippen LogP contribution in [-0.4, -0.2) is 24.1 Å². The van der Waals surface area contributed by atoms with Crippen LogP contribution >= 0.6 is 0 Å². The van der Waals surface area contributed by atoms with Crippen molar-refractivity contribution >= 4 is 18.4 Å². The largest absolute Gasteiger partial charge is 0.495 e. The lowest BCUT2D eigenvalue weighted by atomic mass is 9.74. The Morgan fingerprint density at radius 3 is 2.24 bits per heavy atom. The zero-order valence-corrected chi connectivity index (χ0v) is 13.7. The Hall–Kier alpha value is -1.13. The fraction of sp³-hybridized carbons (Fsp3) is 0.588. The maximum Gasteiger partial charge on any atom is 0.495 e. The second-order valence-corrected chi connectivity index (χ2v) is 6.70. The summed E-state index contributed by atoms with van der Waals surface area (Å²) >= 11 is 0. The monoisotopic (exact) mass is 288 g/mol. The van der Waals surface area contributed by atoms with Crippen molar-refractivity contribution in [2.45, 2.75) is 65.1 Å². The number of unbranched alkanes of at least 4 members (excludes halogenated alkanes) is 1. The first-order valence-corrected chi connectivity index (χ1v) is 7.76. The van der Waals surface area contributed by atoms with Crippen molar-refractivity contribution in [1.82, 2.24) is 0 Å². The molecule has 0 amide bonds. The lowest BCUT2D eigenvalue weighted by molar-refractivity contribution is 0.00578. The first-order valence-electron chi connectivity index (χ1n) is 7.76. The molecule has 1 heterocycles. The number of Topliss-reactive ketones (excluding diaryl/α,β-unsaturated/α-hetero) is 1. The second kappa shape index (κ2) is 5.94. The zero-order chi connectivity index (χ0) is 15.7. The third kappa shape index (κ3) is 3.22. The van der Waals surface area contributed by atoms with Crippen molar-refractivity contribution in [2.75, 3.05) is 0 Å². The van der Waals surface area contributed by atoms with Crippen molar-refractivity contribution in [2.24, 2.45) is 0 Å². The van der Waals surface area contributed by atoms with Crippen molar-refractivity contribution in [3.63, 3.8) is 0 Å². The molecule has 1 aliphatic heterocycles. The molecule has 0 atom stereocenters. The van der Waals surface area contributed by atoms with Gasteiger partial charge in [0.1, 0.15) is 0 Å². The van der Waals surface area contributed by atoms with Gasteiger partial charge >= 0.3 is 7.12 Å². The van der Waals surface area contributed by atoms with Crippen LogP contribution in [0.15, 0.2) is 24.3 Å². The van der Waals surface area contributed by atoms with E-state index >= 15 is 0 Å². The average molecular weight is 288 g/mol. The summed E-state index contributed by atoms with van der Waals surface area (Å²) in [5, 5.41) is 0. The number of rotatable bonds is 5. The van der Waals surface area contributed by atoms with Gasteiger partial charge in [0.15, 0.2) is 5.78 Å². The molecule has 1 aliphatic rings. The minimum atomic E-state index is -0.475. The number of benzene rings is 1. The van der Waals surface area contributed by atoms with Crippen molar-refractivity contribution in [3.05, 3.63) is 29.8 Å². The normalized spacial score (nSPS) is 19.8. The molecule has 1 saturated heterocycles. The van der Waals surface area contributed by atoms with Crippen molar-refractivity contribution < 1.29 is 14.1 Å². The highest BCUT2D eigenvalue weighted by atomic mass is 16.7. The van der Waals surface area contributed by atoms with E-state index in [9.17, 15) is 4.79 Å². The van der Waals surface area contributed by atoms with E-state index in [1.807, 2.05) is 52.0 Å². The highest BCUT2D eigenvalue weighted by molar-refractivity contribution is 6.63. The van der Waals surface area contributed by atoms with E-state index in [1.165, 1.54) is 0 Å². The predicted octanol–water partition coefficient (Wildman–Crippen LogP) is 3.36. The number of hydrogen-bond donors (Lipinski definition) is 0. The summed E-state index contributed by atoms with van der Waals surface area (Å²) < 4.78 is 12.1. The van der Waals surface area contributed by atoms with Crippen LogP contribution in [0.1, 0.15) is 64.2 Å². The fourth-order valence-corrected chi connectivity index (χ4v) is 2.40. The Bertz CT molecular complexity index is 507. The molecule has 0 unspecified atom stereocenters. The molecule has 1 aromatic rings. The molecule has 1 aromatic carbocycles. The van der Waals surface area contributed by atoms with Crippen LogP contribution in [-0.2, 0) is 9.31 Å². The van der Waals surface area contributed by atoms with E-state index in [2.05, 4.69) is 6.92 Å². The van der Waals surface area contributed by atoms with Gasteiger partial charge in [-0.25, -0.2) is 0 Å². The molecule has 3 nitrogen and oxygen atoms in total. The van der Waals surface area contributed by atoms with E-state index in [1.54, 1.807) is 0 Å². The van der Waals surface area contributed by atoms with Gasteiger partial charge in [0.25, 0.3) is 0 Å². The molecule has 0 bridgehead atoms. The van der Waals surface area contributed by atoms with Crippen LogP contribution in [0.5, 0.6) is 0 Å². The van der Waals surface area contributed by atoms with E-state index in [-0.39, 0.29) is 5.78 Å². The van der Waals surface area contributed by atoms with E-state index < -0.39 is 18.3 Å². The molecule has 0 N–H and O–H groups in total. The third-order valence-corrected chi connectivity index (χ3v) is 4.53. The molecule has 4 heteroatoms. The Kier molecular flexibility index (Phi) is 4.59. The van der Waals surface area contributed by atoms with Crippen LogP contribution in [0.25, 0.3) is 0 Å². The third-order valence-electron chi connectivity index (χ3n) is 4.53. The van der Waals surface area contributed by atoms with Crippen molar-refractivity contribution in [3.8, 4) is 0 Å². The number of hydrogen-bond acceptors (Lipinski definition) is 3. The van der Waals surface area contributed by atoms with Gasteiger partial charge in [0, 0.05) is 12.0 Å². The highest BCUT2D eigenvalue weighted by Gasteiger charge is 2.52. The molecule has 21 heavy (non-hydrogen) atoms. The zero-order valence-electron chi connectivity index (χ0n) is 13.7. The molecular formula is C17H25BO3. The second-order valence-electron chi connectivity index (χ2n) is 6.70. The van der Waals surface area contributed by atoms with E-state index in [4.69, 9.17) is 9.31 Å². The Balaban J connectivity index is 2.28. The lowest BCUT2D eigenvalue weighted by Crippen LogP contribution is -2.41. The number of carbonyl (C=O) groups is 1. The predicted molar refractivity (Wildman–Crippen MR) is 86.0 cm³/mol. The molecule has 114 valence electrons. The molecular weight excluding hydrogens is 263 g/mol. The molecule has 0 saturated carbocycles. The molecule has 2 rings (SSSR count). The van der Waals surface area contributed by atoms with Gasteiger partial charge in [0.05, 0.1) is 11.2 Å². The molecule has 0 radical (unpaired) electrons. The van der Waals surface area contributed by atoms with Gasteiger partial charge in [-0.2, -0.15) is 0 Å². The summed E-state index contributed by atoms with van der Waals surface area (Å²) in [6, 6.07) is 7.63. The van der Waals surface area contributed by atoms with Gasteiger partial charge in [-0.1, -0.05) is 37.6 Å². The van der Waals surface area contributed by atoms with Gasteiger partial charge in [-0.3, -0.25) is 4.79 Å². The topological polar surface area (TPSA) is 35.5 Å². The van der Waals surface area contributed by atoms with Crippen LogP contribution in [0, 0.1) is 0 Å². The lowest BCUT2D eigenvalue weighted by Gasteiger charge is -2.32. The summed E-state index contributed by atoms with van der Waals surface area (Å²) in [5.41, 5.74) is 0.788. The maximum absolute atomic E-state index is 12.4. The summed E-state index contributed by atoms with van der Waals surface area (Å²) in [6.45, 7) is 10.2. The van der Waals surface area contributed by atoms with Gasteiger partial charge in [-0.15, -0.1) is 0 Å². The quantitative estimate of drug-likeness (QED) is 0.615. The van der Waals surface area contributed by atoms with Gasteiger partial charge in [0.2, 0.25) is 0 Å². The van der Waals surface area contributed by atoms with Gasteiger partial charge in [-0.05, 0) is 39.6 Å². The summed E-state index contributed by atoms with van der Waals surface area (Å²) in [6.07, 6.45) is 2.51. The summed E-state index contributed by atoms with van der Waals surface area (Å²) in [5.74, 6) is 0.169. The smallest absolute Gasteiger partial charge is 0.399 e. The highest BCUT2D eigenvalue weighted by Crippen LogP contribution is 2.36. The number of ketones is 1. The van der Waals surface area contributed by atoms with Gasteiger partial charge < -0.3 is 9.31 Å². The summed E-state index contributed by atoms with van der Waals surface area (Å²) in [4.78, 5) is 12.4. The van der Waals surface area contributed by atoms with E-state index in [0.29, 0.717) is 6.42 Å². The first kappa shape index (κ1) is 16.2. The molecule has 0 spiro atoms. The Morgan fingerprint density at radius 2 is 1.67 bits per heavy atom. The fourth-order valence-electron chi connectivity index (χ4n) is 2.40. The summed E-state index contributed by atoms with van der Waals surface area (Å²) in [7, 11) is -0.475. The minimum Gasteiger partial charge on any atom is -0.399 e. The van der Waals surface area contributed by atoms with E-state index in [0.717, 1.165) is 23.9 Å². The molecule has 1 fully saturated rings. The standard InChI is InChI=1S/C17H25BO3/c1-6-7-12-15(19)13-10-8-9-11-14(13)18-20-16(2,3)17(4,5)21-18/h8-11H,6-7,12H2,1-5H3. The SMILES string of the molecule is CCCCC(=O)c1ccccc1B1OC(C)(C)C(C)(C)O1. The molecule has 0 aromatic heterocycles. The van der Waals surface area contributed by atoms with Crippen LogP contribution < -0.4 is 5.46 Å². The Morgan fingerprint density at radius 1 is 1.10 bits per heavy atom. The Labute approximate surface area is 128 Å². The first-order chi connectivity index (χ1) is 9.78. The van der Waals surface area contributed by atoms with Crippen LogP contribution in [0.3, 0.4) is 0 Å². The maximum atomic E-state index is 12.4. The minimum absolute atomic E-state index is 0.169. The average Bonchev–Trinajstić information content (AvgIpc) is 2.65. The van der Waals surface area contributed by atoms with Crippen molar-refractivity contribution in [1.29, 1.82) is 0 Å². The van der Waals surface area contributed by atoms with Crippen LogP contribution in [0.2, 0.25) is 0 Å². The molecule has 0 aliphatic carbocycles. The number of carbonyl (C=O) groups excluding carboxylic acids is 1.